The molecule has 0 atom stereocenters. The number of aromatic nitrogens is 3. The first-order valence-electron chi connectivity index (χ1n) is 14.7. The van der Waals surface area contributed by atoms with E-state index < -0.39 is 0 Å². The highest BCUT2D eigenvalue weighted by molar-refractivity contribution is 5.94. The Morgan fingerprint density at radius 1 is 0.821 bits per heavy atom. The molecule has 0 spiro atoms. The molecule has 0 bridgehead atoms. The molecule has 0 unspecified atom stereocenters. The van der Waals surface area contributed by atoms with Gasteiger partial charge in [-0.25, -0.2) is 0 Å². The van der Waals surface area contributed by atoms with Crippen LogP contribution in [0.25, 0.3) is 0 Å². The summed E-state index contributed by atoms with van der Waals surface area (Å²) in [6.45, 7) is 7.24. The zero-order chi connectivity index (χ0) is 27.5. The van der Waals surface area contributed by atoms with Crippen LogP contribution in [0.15, 0.2) is 30.3 Å². The smallest absolute Gasteiger partial charge is 0.251 e. The molecule has 1 amide bonds. The van der Waals surface area contributed by atoms with Crippen molar-refractivity contribution in [2.75, 3.05) is 55.5 Å². The van der Waals surface area contributed by atoms with Crippen molar-refractivity contribution in [1.29, 1.82) is 0 Å². The minimum absolute atomic E-state index is 0.0961. The third kappa shape index (κ3) is 12.2. The van der Waals surface area contributed by atoms with Crippen molar-refractivity contribution >= 4 is 23.8 Å². The Labute approximate surface area is 233 Å². The molecule has 1 aromatic heterocycles. The number of hydrogen-bond donors (Lipinski definition) is 4. The first-order chi connectivity index (χ1) is 19.2. The maximum absolute atomic E-state index is 12.0. The van der Waals surface area contributed by atoms with Crippen LogP contribution in [0.3, 0.4) is 0 Å². The normalized spacial score (nSPS) is 14.4. The summed E-state index contributed by atoms with van der Waals surface area (Å²) in [6.07, 6.45) is 10.8. The van der Waals surface area contributed by atoms with Crippen molar-refractivity contribution in [3.63, 3.8) is 0 Å². The quantitative estimate of drug-likeness (QED) is 0.208. The predicted octanol–water partition coefficient (Wildman–Crippen LogP) is 4.87. The van der Waals surface area contributed by atoms with Gasteiger partial charge in [0, 0.05) is 30.7 Å². The van der Waals surface area contributed by atoms with Crippen LogP contribution < -0.4 is 21.3 Å². The number of rotatable bonds is 17. The van der Waals surface area contributed by atoms with E-state index in [1.54, 1.807) is 12.1 Å². The molecule has 39 heavy (non-hydrogen) atoms. The molecule has 1 aromatic carbocycles. The molecule has 2 aromatic rings. The van der Waals surface area contributed by atoms with Crippen LogP contribution in [0, 0.1) is 0 Å². The number of carbonyl (C=O) groups excluding carboxylic acids is 1. The average Bonchev–Trinajstić information content (AvgIpc) is 2.94. The van der Waals surface area contributed by atoms with Gasteiger partial charge < -0.3 is 30.7 Å². The van der Waals surface area contributed by atoms with Crippen molar-refractivity contribution in [2.45, 2.75) is 83.7 Å². The van der Waals surface area contributed by atoms with Gasteiger partial charge in [0.25, 0.3) is 5.91 Å². The van der Waals surface area contributed by atoms with Crippen LogP contribution >= 0.6 is 0 Å². The van der Waals surface area contributed by atoms with Gasteiger partial charge in [-0.05, 0) is 37.8 Å². The standard InChI is InChI=1S/C29H47N7O3/c1-3-24(4-2)32-28-34-27(35-29(36-28)33-25-15-11-6-5-7-12-16-25)31-18-20-39-22-21-38-19-17-30-26(37)23-13-9-8-10-14-23/h8-10,13-14,24-25H,3-7,11-12,15-22H2,1-2H3,(H,30,37)(H3,31,32,33,34,35,36). The maximum Gasteiger partial charge on any atom is 0.251 e. The topological polar surface area (TPSA) is 122 Å². The van der Waals surface area contributed by atoms with Crippen molar-refractivity contribution in [1.82, 2.24) is 20.3 Å². The summed E-state index contributed by atoms with van der Waals surface area (Å²) in [4.78, 5) is 25.9. The number of anilines is 3. The van der Waals surface area contributed by atoms with E-state index in [4.69, 9.17) is 9.47 Å². The van der Waals surface area contributed by atoms with Gasteiger partial charge in [0.1, 0.15) is 0 Å². The van der Waals surface area contributed by atoms with Crippen molar-refractivity contribution in [2.24, 2.45) is 0 Å². The van der Waals surface area contributed by atoms with Crippen LogP contribution in [0.5, 0.6) is 0 Å². The van der Waals surface area contributed by atoms with E-state index in [0.717, 1.165) is 25.7 Å². The summed E-state index contributed by atoms with van der Waals surface area (Å²) in [5.41, 5.74) is 0.646. The molecular formula is C29H47N7O3. The molecular weight excluding hydrogens is 494 g/mol. The second-order valence-corrected chi connectivity index (χ2v) is 9.92. The molecule has 216 valence electrons. The summed E-state index contributed by atoms with van der Waals surface area (Å²) in [7, 11) is 0. The van der Waals surface area contributed by atoms with Gasteiger partial charge in [0.15, 0.2) is 0 Å². The average molecular weight is 542 g/mol. The van der Waals surface area contributed by atoms with Crippen LogP contribution in [0.4, 0.5) is 17.8 Å². The van der Waals surface area contributed by atoms with E-state index in [2.05, 4.69) is 50.1 Å². The van der Waals surface area contributed by atoms with Gasteiger partial charge in [-0.3, -0.25) is 4.79 Å². The minimum atomic E-state index is -0.0961. The highest BCUT2D eigenvalue weighted by Crippen LogP contribution is 2.21. The number of hydrogen-bond acceptors (Lipinski definition) is 9. The highest BCUT2D eigenvalue weighted by atomic mass is 16.5. The first kappa shape index (κ1) is 30.6. The zero-order valence-corrected chi connectivity index (χ0v) is 23.7. The molecule has 0 saturated heterocycles. The van der Waals surface area contributed by atoms with E-state index in [9.17, 15) is 4.79 Å². The molecule has 1 saturated carbocycles. The number of amides is 1. The maximum atomic E-state index is 12.0. The predicted molar refractivity (Wildman–Crippen MR) is 156 cm³/mol. The lowest BCUT2D eigenvalue weighted by molar-refractivity contribution is 0.0519. The van der Waals surface area contributed by atoms with Crippen LogP contribution in [-0.2, 0) is 9.47 Å². The van der Waals surface area contributed by atoms with Gasteiger partial charge in [-0.1, -0.05) is 64.2 Å². The molecule has 4 N–H and O–H groups in total. The van der Waals surface area contributed by atoms with Gasteiger partial charge in [-0.15, -0.1) is 0 Å². The lowest BCUT2D eigenvalue weighted by Crippen LogP contribution is -2.27. The molecule has 0 aliphatic heterocycles. The molecule has 3 rings (SSSR count). The van der Waals surface area contributed by atoms with E-state index in [1.165, 1.54) is 32.1 Å². The number of nitrogens with one attached hydrogen (secondary N) is 4. The third-order valence-corrected chi connectivity index (χ3v) is 6.86. The zero-order valence-electron chi connectivity index (χ0n) is 23.7. The van der Waals surface area contributed by atoms with E-state index in [1.807, 2.05) is 18.2 Å². The summed E-state index contributed by atoms with van der Waals surface area (Å²) in [6, 6.07) is 9.87. The number of benzene rings is 1. The Morgan fingerprint density at radius 3 is 2.13 bits per heavy atom. The molecule has 1 aliphatic carbocycles. The lowest BCUT2D eigenvalue weighted by atomic mass is 9.97. The summed E-state index contributed by atoms with van der Waals surface area (Å²) in [5.74, 6) is 1.67. The van der Waals surface area contributed by atoms with Crippen LogP contribution in [-0.4, -0.2) is 72.5 Å². The second-order valence-electron chi connectivity index (χ2n) is 9.92. The largest absolute Gasteiger partial charge is 0.377 e. The Bertz CT molecular complexity index is 936. The van der Waals surface area contributed by atoms with Crippen molar-refractivity contribution in [3.8, 4) is 0 Å². The summed E-state index contributed by atoms with van der Waals surface area (Å²) < 4.78 is 11.2. The van der Waals surface area contributed by atoms with Gasteiger partial charge in [-0.2, -0.15) is 15.0 Å². The molecule has 1 aliphatic rings. The van der Waals surface area contributed by atoms with Gasteiger partial charge >= 0.3 is 0 Å². The Balaban J connectivity index is 1.36. The monoisotopic (exact) mass is 541 g/mol. The molecule has 10 nitrogen and oxygen atoms in total. The fourth-order valence-corrected chi connectivity index (χ4v) is 4.53. The fourth-order valence-electron chi connectivity index (χ4n) is 4.53. The molecule has 10 heteroatoms. The van der Waals surface area contributed by atoms with Gasteiger partial charge in [0.2, 0.25) is 17.8 Å². The highest BCUT2D eigenvalue weighted by Gasteiger charge is 2.15. The number of ether oxygens (including phenoxy) is 2. The van der Waals surface area contributed by atoms with E-state index in [-0.39, 0.29) is 5.91 Å². The van der Waals surface area contributed by atoms with Crippen molar-refractivity contribution in [3.05, 3.63) is 35.9 Å². The van der Waals surface area contributed by atoms with Gasteiger partial charge in [0.05, 0.1) is 26.4 Å². The third-order valence-electron chi connectivity index (χ3n) is 6.86. The van der Waals surface area contributed by atoms with E-state index in [0.29, 0.717) is 75.0 Å². The molecule has 1 fully saturated rings. The first-order valence-corrected chi connectivity index (χ1v) is 14.7. The SMILES string of the molecule is CCC(CC)Nc1nc(NCCOCCOCCNC(=O)c2ccccc2)nc(NC2CCCCCCC2)n1. The summed E-state index contributed by atoms with van der Waals surface area (Å²) in [5, 5.41) is 13.1. The fraction of sp³-hybridized carbons (Fsp3) is 0.655. The molecule has 0 radical (unpaired) electrons. The lowest BCUT2D eigenvalue weighted by Gasteiger charge is -2.22. The Kier molecular flexibility index (Phi) is 14.4. The summed E-state index contributed by atoms with van der Waals surface area (Å²) >= 11 is 0. The molecule has 1 heterocycles. The Morgan fingerprint density at radius 2 is 1.44 bits per heavy atom. The Hall–Kier alpha value is -2.98. The van der Waals surface area contributed by atoms with E-state index >= 15 is 0 Å². The number of nitrogens with zero attached hydrogens (tertiary/aromatic N) is 3. The van der Waals surface area contributed by atoms with Crippen molar-refractivity contribution < 1.29 is 14.3 Å². The van der Waals surface area contributed by atoms with Crippen LogP contribution in [0.1, 0.15) is 82.0 Å². The minimum Gasteiger partial charge on any atom is -0.377 e. The second kappa shape index (κ2) is 18.3. The van der Waals surface area contributed by atoms with Crippen LogP contribution in [0.2, 0.25) is 0 Å². The number of carbonyl (C=O) groups is 1.